The Kier molecular flexibility index (Phi) is 7.90. The molecule has 1 aliphatic rings. The van der Waals surface area contributed by atoms with Crippen LogP contribution in [0.5, 0.6) is 5.75 Å². The molecule has 2 rings (SSSR count). The van der Waals surface area contributed by atoms with Gasteiger partial charge in [-0.25, -0.2) is 8.42 Å². The third-order valence-electron chi connectivity index (χ3n) is 5.21. The SMILES string of the molecule is CC(C)(C)S(=O)(=O)CCCCCC(=O)Cc1cccc(OC2CCCC2)c1. The number of hydrogen-bond acceptors (Lipinski definition) is 4. The molecule has 0 atom stereocenters. The molecule has 1 saturated carbocycles. The fraction of sp³-hybridized carbons (Fsp3) is 0.682. The van der Waals surface area contributed by atoms with Gasteiger partial charge in [0, 0.05) is 12.8 Å². The zero-order chi connectivity index (χ0) is 19.9. The summed E-state index contributed by atoms with van der Waals surface area (Å²) in [4.78, 5) is 12.2. The van der Waals surface area contributed by atoms with Crippen molar-refractivity contribution in [2.75, 3.05) is 5.75 Å². The lowest BCUT2D eigenvalue weighted by Crippen LogP contribution is -2.30. The molecule has 0 unspecified atom stereocenters. The van der Waals surface area contributed by atoms with E-state index >= 15 is 0 Å². The van der Waals surface area contributed by atoms with Gasteiger partial charge in [0.05, 0.1) is 16.6 Å². The van der Waals surface area contributed by atoms with Crippen molar-refractivity contribution in [1.82, 2.24) is 0 Å². The van der Waals surface area contributed by atoms with Crippen LogP contribution in [-0.4, -0.2) is 30.8 Å². The average Bonchev–Trinajstić information content (AvgIpc) is 3.06. The topological polar surface area (TPSA) is 60.4 Å². The second-order valence-electron chi connectivity index (χ2n) is 8.63. The first kappa shape index (κ1) is 21.9. The van der Waals surface area contributed by atoms with Crippen molar-refractivity contribution >= 4 is 15.6 Å². The van der Waals surface area contributed by atoms with Gasteiger partial charge in [0.1, 0.15) is 11.5 Å². The van der Waals surface area contributed by atoms with Crippen LogP contribution in [0.2, 0.25) is 0 Å². The highest BCUT2D eigenvalue weighted by Gasteiger charge is 2.27. The highest BCUT2D eigenvalue weighted by Crippen LogP contribution is 2.25. The van der Waals surface area contributed by atoms with Crippen LogP contribution in [0.15, 0.2) is 24.3 Å². The molecular weight excluding hydrogens is 360 g/mol. The molecule has 0 aliphatic heterocycles. The first-order valence-electron chi connectivity index (χ1n) is 10.2. The molecule has 0 aromatic heterocycles. The number of hydrogen-bond donors (Lipinski definition) is 0. The first-order chi connectivity index (χ1) is 12.7. The standard InChI is InChI=1S/C22H34O4S/c1-22(2,3)27(24,25)15-8-4-5-11-19(23)16-18-10-9-14-21(17-18)26-20-12-6-7-13-20/h9-10,14,17,20H,4-8,11-13,15-16H2,1-3H3. The van der Waals surface area contributed by atoms with Crippen LogP contribution < -0.4 is 4.74 Å². The molecule has 152 valence electrons. The van der Waals surface area contributed by atoms with Gasteiger partial charge in [0.15, 0.2) is 9.84 Å². The molecule has 4 nitrogen and oxygen atoms in total. The minimum Gasteiger partial charge on any atom is -0.490 e. The van der Waals surface area contributed by atoms with Crippen molar-refractivity contribution in [2.45, 2.75) is 89.4 Å². The lowest BCUT2D eigenvalue weighted by molar-refractivity contribution is -0.118. The molecule has 0 bridgehead atoms. The molecule has 0 radical (unpaired) electrons. The number of ketones is 1. The molecule has 27 heavy (non-hydrogen) atoms. The largest absolute Gasteiger partial charge is 0.490 e. The number of benzene rings is 1. The zero-order valence-electron chi connectivity index (χ0n) is 17.0. The molecule has 1 fully saturated rings. The van der Waals surface area contributed by atoms with E-state index in [2.05, 4.69) is 0 Å². The summed E-state index contributed by atoms with van der Waals surface area (Å²) in [6.45, 7) is 5.20. The van der Waals surface area contributed by atoms with Gasteiger partial charge in [0.2, 0.25) is 0 Å². The Morgan fingerprint density at radius 2 is 1.81 bits per heavy atom. The van der Waals surface area contributed by atoms with Crippen molar-refractivity contribution in [3.05, 3.63) is 29.8 Å². The fourth-order valence-corrected chi connectivity index (χ4v) is 4.54. The number of ether oxygens (including phenoxy) is 1. The third-order valence-corrected chi connectivity index (χ3v) is 7.90. The molecule has 0 saturated heterocycles. The lowest BCUT2D eigenvalue weighted by Gasteiger charge is -2.18. The van der Waals surface area contributed by atoms with Crippen LogP contribution >= 0.6 is 0 Å². The third kappa shape index (κ3) is 7.28. The van der Waals surface area contributed by atoms with Crippen molar-refractivity contribution in [3.63, 3.8) is 0 Å². The van der Waals surface area contributed by atoms with E-state index in [4.69, 9.17) is 4.74 Å². The lowest BCUT2D eigenvalue weighted by atomic mass is 10.0. The number of rotatable bonds is 10. The summed E-state index contributed by atoms with van der Waals surface area (Å²) in [6, 6.07) is 7.85. The van der Waals surface area contributed by atoms with Crippen LogP contribution in [0.3, 0.4) is 0 Å². The average molecular weight is 395 g/mol. The predicted molar refractivity (Wildman–Crippen MR) is 110 cm³/mol. The summed E-state index contributed by atoms with van der Waals surface area (Å²) in [6.07, 6.45) is 8.09. The van der Waals surface area contributed by atoms with Crippen LogP contribution in [0, 0.1) is 0 Å². The van der Waals surface area contributed by atoms with E-state index < -0.39 is 14.6 Å². The van der Waals surface area contributed by atoms with Gasteiger partial charge in [-0.2, -0.15) is 0 Å². The van der Waals surface area contributed by atoms with E-state index in [1.54, 1.807) is 20.8 Å². The molecule has 0 N–H and O–H groups in total. The van der Waals surface area contributed by atoms with Crippen molar-refractivity contribution in [2.24, 2.45) is 0 Å². The van der Waals surface area contributed by atoms with Crippen LogP contribution in [0.4, 0.5) is 0 Å². The van der Waals surface area contributed by atoms with Crippen molar-refractivity contribution < 1.29 is 17.9 Å². The Morgan fingerprint density at radius 1 is 1.11 bits per heavy atom. The summed E-state index contributed by atoms with van der Waals surface area (Å²) < 4.78 is 29.4. The highest BCUT2D eigenvalue weighted by molar-refractivity contribution is 7.92. The molecule has 0 heterocycles. The van der Waals surface area contributed by atoms with Gasteiger partial charge in [-0.15, -0.1) is 0 Å². The minimum atomic E-state index is -3.06. The zero-order valence-corrected chi connectivity index (χ0v) is 17.8. The molecule has 1 aromatic carbocycles. The number of carbonyl (C=O) groups is 1. The maximum atomic E-state index is 12.2. The highest BCUT2D eigenvalue weighted by atomic mass is 32.2. The van der Waals surface area contributed by atoms with Gasteiger partial charge >= 0.3 is 0 Å². The molecular formula is C22H34O4S. The fourth-order valence-electron chi connectivity index (χ4n) is 3.34. The van der Waals surface area contributed by atoms with Crippen LogP contribution in [-0.2, 0) is 21.1 Å². The van der Waals surface area contributed by atoms with Crippen LogP contribution in [0.25, 0.3) is 0 Å². The maximum Gasteiger partial charge on any atom is 0.155 e. The van der Waals surface area contributed by atoms with Gasteiger partial charge in [-0.3, -0.25) is 4.79 Å². The molecule has 5 heteroatoms. The summed E-state index contributed by atoms with van der Waals surface area (Å²) in [5.74, 6) is 1.26. The van der Waals surface area contributed by atoms with Crippen molar-refractivity contribution in [3.8, 4) is 5.75 Å². The monoisotopic (exact) mass is 394 g/mol. The molecule has 1 aliphatic carbocycles. The Morgan fingerprint density at radius 3 is 2.48 bits per heavy atom. The summed E-state index contributed by atoms with van der Waals surface area (Å²) in [7, 11) is -3.06. The Bertz CT molecular complexity index is 710. The van der Waals surface area contributed by atoms with E-state index in [9.17, 15) is 13.2 Å². The summed E-state index contributed by atoms with van der Waals surface area (Å²) in [5.41, 5.74) is 0.991. The van der Waals surface area contributed by atoms with Crippen LogP contribution in [0.1, 0.15) is 77.7 Å². The number of unbranched alkanes of at least 4 members (excludes halogenated alkanes) is 2. The summed E-state index contributed by atoms with van der Waals surface area (Å²) in [5, 5.41) is 0. The second kappa shape index (κ2) is 9.72. The van der Waals surface area contributed by atoms with Crippen molar-refractivity contribution in [1.29, 1.82) is 0 Å². The van der Waals surface area contributed by atoms with E-state index in [0.29, 0.717) is 25.4 Å². The summed E-state index contributed by atoms with van der Waals surface area (Å²) >= 11 is 0. The van der Waals surface area contributed by atoms with E-state index in [-0.39, 0.29) is 11.5 Å². The molecule has 0 spiro atoms. The minimum absolute atomic E-state index is 0.200. The van der Waals surface area contributed by atoms with Gasteiger partial charge in [0.25, 0.3) is 0 Å². The molecule has 1 aromatic rings. The van der Waals surface area contributed by atoms with Gasteiger partial charge in [-0.1, -0.05) is 18.6 Å². The van der Waals surface area contributed by atoms with Gasteiger partial charge in [-0.05, 0) is 77.0 Å². The number of Topliss-reactive ketones (excluding diaryl/α,β-unsaturated/α-hetero) is 1. The second-order valence-corrected chi connectivity index (χ2v) is 11.5. The quantitative estimate of drug-likeness (QED) is 0.530. The first-order valence-corrected chi connectivity index (χ1v) is 11.8. The Labute approximate surface area is 164 Å². The smallest absolute Gasteiger partial charge is 0.155 e. The number of sulfone groups is 1. The molecule has 0 amide bonds. The Hall–Kier alpha value is -1.36. The normalized spacial score (nSPS) is 15.8. The Balaban J connectivity index is 1.70. The van der Waals surface area contributed by atoms with E-state index in [1.807, 2.05) is 24.3 Å². The van der Waals surface area contributed by atoms with E-state index in [0.717, 1.165) is 37.0 Å². The predicted octanol–water partition coefficient (Wildman–Crippen LogP) is 4.89. The van der Waals surface area contributed by atoms with Gasteiger partial charge < -0.3 is 4.74 Å². The van der Waals surface area contributed by atoms with E-state index in [1.165, 1.54) is 12.8 Å². The number of carbonyl (C=O) groups excluding carboxylic acids is 1. The maximum absolute atomic E-state index is 12.2.